The van der Waals surface area contributed by atoms with E-state index in [0.717, 1.165) is 11.4 Å². The molecule has 0 radical (unpaired) electrons. The third-order valence-corrected chi connectivity index (χ3v) is 2.48. The number of nitrogens with one attached hydrogen (secondary N) is 1. The van der Waals surface area contributed by atoms with Crippen molar-refractivity contribution in [1.82, 2.24) is 9.97 Å². The van der Waals surface area contributed by atoms with Gasteiger partial charge in [0, 0.05) is 11.8 Å². The Morgan fingerprint density at radius 3 is 2.79 bits per heavy atom. The van der Waals surface area contributed by atoms with Gasteiger partial charge in [-0.15, -0.1) is 0 Å². The maximum absolute atomic E-state index is 10.9. The van der Waals surface area contributed by atoms with Gasteiger partial charge in [0.2, 0.25) is 5.82 Å². The van der Waals surface area contributed by atoms with Crippen LogP contribution in [0.4, 0.5) is 17.3 Å². The van der Waals surface area contributed by atoms with Crippen LogP contribution in [-0.2, 0) is 6.54 Å². The molecule has 0 aliphatic rings. The van der Waals surface area contributed by atoms with E-state index in [4.69, 9.17) is 5.73 Å². The van der Waals surface area contributed by atoms with Crippen molar-refractivity contribution in [2.24, 2.45) is 0 Å². The smallest absolute Gasteiger partial charge is 0.311 e. The Morgan fingerprint density at radius 1 is 1.32 bits per heavy atom. The van der Waals surface area contributed by atoms with Crippen LogP contribution in [0.25, 0.3) is 0 Å². The number of nitrogen functional groups attached to an aromatic ring is 1. The highest BCUT2D eigenvalue weighted by Crippen LogP contribution is 2.23. The molecule has 3 N–H and O–H groups in total. The van der Waals surface area contributed by atoms with E-state index in [0.29, 0.717) is 6.54 Å². The molecular weight excluding hydrogens is 246 g/mol. The van der Waals surface area contributed by atoms with Gasteiger partial charge in [-0.3, -0.25) is 15.1 Å². The first kappa shape index (κ1) is 12.7. The number of anilines is 2. The second kappa shape index (κ2) is 5.30. The zero-order valence-electron chi connectivity index (χ0n) is 10.3. The molecule has 0 amide bonds. The topological polar surface area (TPSA) is 107 Å². The third-order valence-electron chi connectivity index (χ3n) is 2.48. The first-order chi connectivity index (χ1) is 9.06. The Kier molecular flexibility index (Phi) is 3.56. The van der Waals surface area contributed by atoms with Crippen molar-refractivity contribution in [2.75, 3.05) is 11.1 Å². The number of pyridine rings is 2. The van der Waals surface area contributed by atoms with Crippen molar-refractivity contribution in [3.63, 3.8) is 0 Å². The number of nitrogens with two attached hydrogens (primary N) is 1. The van der Waals surface area contributed by atoms with Gasteiger partial charge in [-0.2, -0.15) is 0 Å². The minimum absolute atomic E-state index is 0.109. The van der Waals surface area contributed by atoms with Gasteiger partial charge < -0.3 is 11.1 Å². The van der Waals surface area contributed by atoms with E-state index in [1.807, 2.05) is 25.1 Å². The van der Waals surface area contributed by atoms with Crippen LogP contribution in [0.15, 0.2) is 30.3 Å². The lowest BCUT2D eigenvalue weighted by atomic mass is 10.3. The highest BCUT2D eigenvalue weighted by atomic mass is 16.6. The summed E-state index contributed by atoms with van der Waals surface area (Å²) in [5.74, 6) is 0.374. The van der Waals surface area contributed by atoms with Crippen LogP contribution in [0, 0.1) is 17.0 Å². The fourth-order valence-electron chi connectivity index (χ4n) is 1.62. The normalized spacial score (nSPS) is 10.2. The zero-order valence-corrected chi connectivity index (χ0v) is 10.3. The molecule has 0 bridgehead atoms. The maximum Gasteiger partial charge on any atom is 0.311 e. The van der Waals surface area contributed by atoms with Crippen LogP contribution in [0.2, 0.25) is 0 Å². The van der Waals surface area contributed by atoms with Gasteiger partial charge in [0.1, 0.15) is 5.82 Å². The summed E-state index contributed by atoms with van der Waals surface area (Å²) < 4.78 is 0. The number of aryl methyl sites for hydroxylation is 1. The summed E-state index contributed by atoms with van der Waals surface area (Å²) >= 11 is 0. The predicted molar refractivity (Wildman–Crippen MR) is 71.6 cm³/mol. The summed E-state index contributed by atoms with van der Waals surface area (Å²) in [7, 11) is 0. The molecular formula is C12H13N5O2. The summed E-state index contributed by atoms with van der Waals surface area (Å²) in [6.07, 6.45) is 0. The van der Waals surface area contributed by atoms with Crippen molar-refractivity contribution < 1.29 is 4.92 Å². The largest absolute Gasteiger partial charge is 0.384 e. The second-order valence-electron chi connectivity index (χ2n) is 3.98. The van der Waals surface area contributed by atoms with Gasteiger partial charge >= 0.3 is 5.69 Å². The Hall–Kier alpha value is -2.70. The van der Waals surface area contributed by atoms with Crippen LogP contribution >= 0.6 is 0 Å². The van der Waals surface area contributed by atoms with E-state index >= 15 is 0 Å². The minimum Gasteiger partial charge on any atom is -0.384 e. The monoisotopic (exact) mass is 259 g/mol. The third kappa shape index (κ3) is 3.15. The molecule has 0 saturated carbocycles. The molecule has 7 heteroatoms. The lowest BCUT2D eigenvalue weighted by Gasteiger charge is -2.07. The van der Waals surface area contributed by atoms with E-state index in [1.54, 1.807) is 0 Å². The van der Waals surface area contributed by atoms with Gasteiger partial charge in [0.15, 0.2) is 0 Å². The molecule has 0 unspecified atom stereocenters. The highest BCUT2D eigenvalue weighted by Gasteiger charge is 2.15. The maximum atomic E-state index is 10.9. The average molecular weight is 259 g/mol. The van der Waals surface area contributed by atoms with Gasteiger partial charge in [-0.1, -0.05) is 6.07 Å². The number of hydrogen-bond acceptors (Lipinski definition) is 6. The van der Waals surface area contributed by atoms with Crippen LogP contribution in [-0.4, -0.2) is 14.9 Å². The van der Waals surface area contributed by atoms with Crippen molar-refractivity contribution >= 4 is 17.3 Å². The van der Waals surface area contributed by atoms with E-state index in [2.05, 4.69) is 15.3 Å². The van der Waals surface area contributed by atoms with Gasteiger partial charge in [0.05, 0.1) is 17.2 Å². The predicted octanol–water partition coefficient (Wildman–Crippen LogP) is 1.89. The van der Waals surface area contributed by atoms with E-state index in [9.17, 15) is 10.1 Å². The van der Waals surface area contributed by atoms with Gasteiger partial charge in [-0.05, 0) is 25.1 Å². The summed E-state index contributed by atoms with van der Waals surface area (Å²) in [5, 5.41) is 13.8. The van der Waals surface area contributed by atoms with Crippen LogP contribution in [0.1, 0.15) is 11.4 Å². The molecule has 0 saturated heterocycles. The molecule has 0 aromatic carbocycles. The lowest BCUT2D eigenvalue weighted by Crippen LogP contribution is -2.07. The van der Waals surface area contributed by atoms with Crippen molar-refractivity contribution in [3.8, 4) is 0 Å². The van der Waals surface area contributed by atoms with Crippen molar-refractivity contribution in [2.45, 2.75) is 13.5 Å². The molecule has 2 aromatic heterocycles. The standard InChI is InChI=1S/C12H13N5O2/c1-8-3-2-4-9(15-8)7-14-12-10(17(18)19)5-6-11(13)16-12/h2-6H,7H2,1H3,(H3,13,14,16). The number of rotatable bonds is 4. The fraction of sp³-hybridized carbons (Fsp3) is 0.167. The molecule has 0 atom stereocenters. The molecule has 19 heavy (non-hydrogen) atoms. The van der Waals surface area contributed by atoms with E-state index in [-0.39, 0.29) is 17.3 Å². The van der Waals surface area contributed by atoms with E-state index in [1.165, 1.54) is 12.1 Å². The Balaban J connectivity index is 2.19. The van der Waals surface area contributed by atoms with Crippen LogP contribution in [0.3, 0.4) is 0 Å². The highest BCUT2D eigenvalue weighted by molar-refractivity contribution is 5.59. The molecule has 2 heterocycles. The molecule has 0 spiro atoms. The summed E-state index contributed by atoms with van der Waals surface area (Å²) in [5.41, 5.74) is 7.08. The minimum atomic E-state index is -0.502. The Morgan fingerprint density at radius 2 is 2.11 bits per heavy atom. The number of nitrogens with zero attached hydrogens (tertiary/aromatic N) is 3. The number of aromatic nitrogens is 2. The van der Waals surface area contributed by atoms with Crippen molar-refractivity contribution in [1.29, 1.82) is 0 Å². The van der Waals surface area contributed by atoms with Crippen LogP contribution in [0.5, 0.6) is 0 Å². The average Bonchev–Trinajstić information content (AvgIpc) is 2.36. The van der Waals surface area contributed by atoms with Crippen molar-refractivity contribution in [3.05, 3.63) is 51.8 Å². The first-order valence-corrected chi connectivity index (χ1v) is 5.63. The zero-order chi connectivity index (χ0) is 13.8. The molecule has 0 fully saturated rings. The molecule has 0 aliphatic heterocycles. The fourth-order valence-corrected chi connectivity index (χ4v) is 1.62. The molecule has 98 valence electrons. The molecule has 2 rings (SSSR count). The first-order valence-electron chi connectivity index (χ1n) is 5.63. The quantitative estimate of drug-likeness (QED) is 0.641. The van der Waals surface area contributed by atoms with Gasteiger partial charge in [-0.25, -0.2) is 4.98 Å². The molecule has 2 aromatic rings. The SMILES string of the molecule is Cc1cccc(CNc2nc(N)ccc2[N+](=O)[O-])n1. The summed E-state index contributed by atoms with van der Waals surface area (Å²) in [6, 6.07) is 8.31. The summed E-state index contributed by atoms with van der Waals surface area (Å²) in [6.45, 7) is 2.23. The summed E-state index contributed by atoms with van der Waals surface area (Å²) in [4.78, 5) is 18.6. The van der Waals surface area contributed by atoms with Crippen LogP contribution < -0.4 is 11.1 Å². The Labute approximate surface area is 109 Å². The molecule has 7 nitrogen and oxygen atoms in total. The Bertz CT molecular complexity index is 615. The van der Waals surface area contributed by atoms with E-state index < -0.39 is 4.92 Å². The lowest BCUT2D eigenvalue weighted by molar-refractivity contribution is -0.384. The molecule has 0 aliphatic carbocycles. The second-order valence-corrected chi connectivity index (χ2v) is 3.98. The number of nitro groups is 1. The van der Waals surface area contributed by atoms with Gasteiger partial charge in [0.25, 0.3) is 0 Å². The number of hydrogen-bond donors (Lipinski definition) is 2.